The van der Waals surface area contributed by atoms with Crippen LogP contribution in [0.25, 0.3) is 0 Å². The molecule has 14 heavy (non-hydrogen) atoms. The Hall–Kier alpha value is -0.0400. The molecule has 0 bridgehead atoms. The molecular weight excluding hydrogens is 170 g/mol. The molecule has 2 unspecified atom stereocenters. The second kappa shape index (κ2) is 8.28. The van der Waals surface area contributed by atoms with Crippen molar-refractivity contribution in [3.63, 3.8) is 0 Å². The molecule has 86 valence electrons. The molecule has 0 spiro atoms. The van der Waals surface area contributed by atoms with Gasteiger partial charge in [-0.2, -0.15) is 0 Å². The number of unbranched alkanes of at least 4 members (excludes halogenated alkanes) is 1. The minimum absolute atomic E-state index is 0.432. The molecule has 0 aliphatic heterocycles. The Balaban J connectivity index is 4.06. The van der Waals surface area contributed by atoms with E-state index in [1.165, 1.54) is 38.5 Å². The third kappa shape index (κ3) is 4.45. The van der Waals surface area contributed by atoms with Crippen LogP contribution >= 0.6 is 0 Å². The van der Waals surface area contributed by atoms with Crippen LogP contribution in [0.2, 0.25) is 0 Å². The van der Waals surface area contributed by atoms with Crippen LogP contribution in [-0.2, 0) is 0 Å². The van der Waals surface area contributed by atoms with Crippen LogP contribution in [0, 0.1) is 11.8 Å². The van der Waals surface area contributed by atoms with Crippen molar-refractivity contribution >= 4 is 0 Å². The monoisotopic (exact) mass is 199 g/mol. The first-order chi connectivity index (χ1) is 6.71. The van der Waals surface area contributed by atoms with Crippen LogP contribution < -0.4 is 5.73 Å². The third-order valence-electron chi connectivity index (χ3n) is 3.59. The Bertz CT molecular complexity index is 118. The number of hydrogen-bond acceptors (Lipinski definition) is 1. The van der Waals surface area contributed by atoms with Crippen molar-refractivity contribution in [1.82, 2.24) is 0 Å². The lowest BCUT2D eigenvalue weighted by atomic mass is 9.81. The molecule has 0 radical (unpaired) electrons. The lowest BCUT2D eigenvalue weighted by molar-refractivity contribution is 0.269. The highest BCUT2D eigenvalue weighted by Crippen LogP contribution is 2.24. The summed E-state index contributed by atoms with van der Waals surface area (Å²) in [7, 11) is 0. The van der Waals surface area contributed by atoms with Gasteiger partial charge in [0, 0.05) is 6.04 Å². The summed E-state index contributed by atoms with van der Waals surface area (Å²) in [6, 6.07) is 0.432. The molecular formula is C13H29N. The zero-order chi connectivity index (χ0) is 11.0. The predicted octanol–water partition coefficient (Wildman–Crippen LogP) is 3.97. The summed E-state index contributed by atoms with van der Waals surface area (Å²) in [6.45, 7) is 9.07. The van der Waals surface area contributed by atoms with Gasteiger partial charge < -0.3 is 5.73 Å². The molecule has 0 aliphatic rings. The minimum Gasteiger partial charge on any atom is -0.327 e. The van der Waals surface area contributed by atoms with E-state index in [2.05, 4.69) is 27.7 Å². The van der Waals surface area contributed by atoms with E-state index >= 15 is 0 Å². The fourth-order valence-corrected chi connectivity index (χ4v) is 2.35. The van der Waals surface area contributed by atoms with Gasteiger partial charge in [0.05, 0.1) is 0 Å². The lowest BCUT2D eigenvalue weighted by Crippen LogP contribution is -2.37. The van der Waals surface area contributed by atoms with E-state index < -0.39 is 0 Å². The number of hydrogen-bond donors (Lipinski definition) is 1. The molecule has 2 atom stereocenters. The zero-order valence-electron chi connectivity index (χ0n) is 10.6. The van der Waals surface area contributed by atoms with E-state index in [9.17, 15) is 0 Å². The van der Waals surface area contributed by atoms with Crippen LogP contribution in [-0.4, -0.2) is 6.04 Å². The maximum absolute atomic E-state index is 6.33. The molecule has 0 heterocycles. The Morgan fingerprint density at radius 2 is 1.36 bits per heavy atom. The summed E-state index contributed by atoms with van der Waals surface area (Å²) in [5.41, 5.74) is 6.33. The van der Waals surface area contributed by atoms with E-state index in [1.54, 1.807) is 0 Å². The lowest BCUT2D eigenvalue weighted by Gasteiger charge is -2.29. The SMILES string of the molecule is CCCCC(CC)C(N)C(CC)CC. The molecule has 0 saturated carbocycles. The van der Waals surface area contributed by atoms with E-state index in [-0.39, 0.29) is 0 Å². The highest BCUT2D eigenvalue weighted by Gasteiger charge is 2.21. The van der Waals surface area contributed by atoms with Crippen LogP contribution in [0.3, 0.4) is 0 Å². The average Bonchev–Trinajstić information content (AvgIpc) is 2.21. The van der Waals surface area contributed by atoms with Gasteiger partial charge in [0.1, 0.15) is 0 Å². The van der Waals surface area contributed by atoms with E-state index in [1.807, 2.05) is 0 Å². The van der Waals surface area contributed by atoms with Gasteiger partial charge in [-0.05, 0) is 18.3 Å². The maximum atomic E-state index is 6.33. The fraction of sp³-hybridized carbons (Fsp3) is 1.00. The Morgan fingerprint density at radius 1 is 0.857 bits per heavy atom. The maximum Gasteiger partial charge on any atom is 0.00953 e. The van der Waals surface area contributed by atoms with Crippen LogP contribution in [0.4, 0.5) is 0 Å². The van der Waals surface area contributed by atoms with Gasteiger partial charge in [0.2, 0.25) is 0 Å². The van der Waals surface area contributed by atoms with E-state index in [0.29, 0.717) is 6.04 Å². The molecule has 0 aromatic rings. The van der Waals surface area contributed by atoms with Gasteiger partial charge in [0.15, 0.2) is 0 Å². The first-order valence-electron chi connectivity index (χ1n) is 6.46. The summed E-state index contributed by atoms with van der Waals surface area (Å²) in [5, 5.41) is 0. The molecule has 2 N–H and O–H groups in total. The van der Waals surface area contributed by atoms with Crippen molar-refractivity contribution < 1.29 is 0 Å². The van der Waals surface area contributed by atoms with Gasteiger partial charge in [0.25, 0.3) is 0 Å². The topological polar surface area (TPSA) is 26.0 Å². The first-order valence-corrected chi connectivity index (χ1v) is 6.46. The molecule has 1 heteroatoms. The van der Waals surface area contributed by atoms with Crippen molar-refractivity contribution in [3.05, 3.63) is 0 Å². The molecule has 0 aliphatic carbocycles. The van der Waals surface area contributed by atoms with Crippen molar-refractivity contribution in [3.8, 4) is 0 Å². The summed E-state index contributed by atoms with van der Waals surface area (Å²) >= 11 is 0. The second-order valence-electron chi connectivity index (χ2n) is 4.46. The molecule has 0 fully saturated rings. The van der Waals surface area contributed by atoms with Gasteiger partial charge in [-0.1, -0.05) is 59.8 Å². The Kier molecular flexibility index (Phi) is 8.26. The molecule has 0 amide bonds. The van der Waals surface area contributed by atoms with Crippen LogP contribution in [0.5, 0.6) is 0 Å². The molecule has 0 aromatic heterocycles. The van der Waals surface area contributed by atoms with Crippen LogP contribution in [0.15, 0.2) is 0 Å². The largest absolute Gasteiger partial charge is 0.327 e. The normalized spacial score (nSPS) is 15.9. The third-order valence-corrected chi connectivity index (χ3v) is 3.59. The highest BCUT2D eigenvalue weighted by atomic mass is 14.7. The smallest absolute Gasteiger partial charge is 0.00953 e. The quantitative estimate of drug-likeness (QED) is 0.629. The zero-order valence-corrected chi connectivity index (χ0v) is 10.6. The number of nitrogens with two attached hydrogens (primary N) is 1. The van der Waals surface area contributed by atoms with Crippen molar-refractivity contribution in [2.45, 2.75) is 72.3 Å². The van der Waals surface area contributed by atoms with Gasteiger partial charge in [-0.15, -0.1) is 0 Å². The summed E-state index contributed by atoms with van der Waals surface area (Å²) in [6.07, 6.45) is 7.68. The van der Waals surface area contributed by atoms with Crippen LogP contribution in [0.1, 0.15) is 66.2 Å². The number of rotatable bonds is 8. The van der Waals surface area contributed by atoms with Crippen molar-refractivity contribution in [1.29, 1.82) is 0 Å². The fourth-order valence-electron chi connectivity index (χ4n) is 2.35. The standard InChI is InChI=1S/C13H29N/c1-5-9-10-12(8-4)13(14)11(6-2)7-3/h11-13H,5-10,14H2,1-4H3. The van der Waals surface area contributed by atoms with E-state index in [0.717, 1.165) is 11.8 Å². The molecule has 0 saturated heterocycles. The molecule has 1 nitrogen and oxygen atoms in total. The predicted molar refractivity (Wildman–Crippen MR) is 65.4 cm³/mol. The molecule has 0 rings (SSSR count). The van der Waals surface area contributed by atoms with E-state index in [4.69, 9.17) is 5.73 Å². The second-order valence-corrected chi connectivity index (χ2v) is 4.46. The highest BCUT2D eigenvalue weighted by molar-refractivity contribution is 4.78. The van der Waals surface area contributed by atoms with Crippen molar-refractivity contribution in [2.75, 3.05) is 0 Å². The summed E-state index contributed by atoms with van der Waals surface area (Å²) < 4.78 is 0. The van der Waals surface area contributed by atoms with Gasteiger partial charge >= 0.3 is 0 Å². The summed E-state index contributed by atoms with van der Waals surface area (Å²) in [5.74, 6) is 1.48. The van der Waals surface area contributed by atoms with Gasteiger partial charge in [-0.3, -0.25) is 0 Å². The first kappa shape index (κ1) is 14.0. The van der Waals surface area contributed by atoms with Crippen molar-refractivity contribution in [2.24, 2.45) is 17.6 Å². The Morgan fingerprint density at radius 3 is 1.71 bits per heavy atom. The average molecular weight is 199 g/mol. The summed E-state index contributed by atoms with van der Waals surface area (Å²) in [4.78, 5) is 0. The Labute approximate surface area is 90.5 Å². The van der Waals surface area contributed by atoms with Gasteiger partial charge in [-0.25, -0.2) is 0 Å². The molecule has 0 aromatic carbocycles. The minimum atomic E-state index is 0.432.